The lowest BCUT2D eigenvalue weighted by Gasteiger charge is -2.37. The van der Waals surface area contributed by atoms with Crippen LogP contribution in [0.15, 0.2) is 12.1 Å². The van der Waals surface area contributed by atoms with E-state index in [-0.39, 0.29) is 17.8 Å². The number of rotatable bonds is 4. The zero-order valence-electron chi connectivity index (χ0n) is 12.5. The van der Waals surface area contributed by atoms with Crippen LogP contribution in [0.4, 0.5) is 11.4 Å². The van der Waals surface area contributed by atoms with E-state index in [2.05, 4.69) is 0 Å². The van der Waals surface area contributed by atoms with Crippen molar-refractivity contribution in [1.82, 2.24) is 0 Å². The molecule has 21 heavy (non-hydrogen) atoms. The van der Waals surface area contributed by atoms with E-state index in [0.717, 1.165) is 12.8 Å². The number of hydrogen-bond donors (Lipinski definition) is 1. The predicted octanol–water partition coefficient (Wildman–Crippen LogP) is 1.93. The van der Waals surface area contributed by atoms with E-state index in [1.54, 1.807) is 6.07 Å². The molecule has 1 aliphatic rings. The zero-order chi connectivity index (χ0) is 15.6. The summed E-state index contributed by atoms with van der Waals surface area (Å²) in [4.78, 5) is 13.0. The topological polar surface area (TPSA) is 90.9 Å². The molecule has 1 saturated heterocycles. The third-order valence-corrected chi connectivity index (χ3v) is 3.90. The highest BCUT2D eigenvalue weighted by Gasteiger charge is 2.30. The molecule has 1 aromatic rings. The van der Waals surface area contributed by atoms with Crippen LogP contribution in [0.25, 0.3) is 0 Å². The summed E-state index contributed by atoms with van der Waals surface area (Å²) in [7, 11) is 2.98. The second-order valence-corrected chi connectivity index (χ2v) is 5.28. The first-order valence-electron chi connectivity index (χ1n) is 6.90. The first-order chi connectivity index (χ1) is 9.97. The van der Waals surface area contributed by atoms with Gasteiger partial charge in [0.15, 0.2) is 11.5 Å². The molecule has 2 atom stereocenters. The Hall–Kier alpha value is -2.02. The summed E-state index contributed by atoms with van der Waals surface area (Å²) in [6, 6.07) is 3.38. The van der Waals surface area contributed by atoms with Gasteiger partial charge >= 0.3 is 0 Å². The summed E-state index contributed by atoms with van der Waals surface area (Å²) in [6.45, 7) is 2.72. The highest BCUT2D eigenvalue weighted by Crippen LogP contribution is 2.41. The van der Waals surface area contributed by atoms with Crippen molar-refractivity contribution in [3.63, 3.8) is 0 Å². The van der Waals surface area contributed by atoms with Gasteiger partial charge in [0, 0.05) is 24.7 Å². The molecule has 1 heterocycles. The van der Waals surface area contributed by atoms with Crippen LogP contribution in [0.2, 0.25) is 0 Å². The predicted molar refractivity (Wildman–Crippen MR) is 80.2 cm³/mol. The Morgan fingerprint density at radius 2 is 1.95 bits per heavy atom. The highest BCUT2D eigenvalue weighted by molar-refractivity contribution is 5.70. The first kappa shape index (κ1) is 15.4. The lowest BCUT2D eigenvalue weighted by Crippen LogP contribution is -2.45. The van der Waals surface area contributed by atoms with Gasteiger partial charge in [0.25, 0.3) is 5.69 Å². The van der Waals surface area contributed by atoms with E-state index >= 15 is 0 Å². The maximum atomic E-state index is 11.4. The Morgan fingerprint density at radius 1 is 1.33 bits per heavy atom. The molecule has 0 amide bonds. The summed E-state index contributed by atoms with van der Waals surface area (Å²) >= 11 is 0. The molecule has 2 N–H and O–H groups in total. The normalized spacial score (nSPS) is 22.0. The van der Waals surface area contributed by atoms with Gasteiger partial charge < -0.3 is 20.1 Å². The molecule has 2 rings (SSSR count). The molecule has 7 heteroatoms. The zero-order valence-corrected chi connectivity index (χ0v) is 12.5. The van der Waals surface area contributed by atoms with Gasteiger partial charge in [-0.05, 0) is 19.8 Å². The van der Waals surface area contributed by atoms with Gasteiger partial charge in [-0.15, -0.1) is 0 Å². The molecule has 1 aromatic carbocycles. The maximum Gasteiger partial charge on any atom is 0.296 e. The number of nitro benzene ring substituents is 1. The molecule has 1 aliphatic heterocycles. The third kappa shape index (κ3) is 3.02. The molecule has 1 fully saturated rings. The number of anilines is 1. The monoisotopic (exact) mass is 295 g/mol. The Labute approximate surface area is 123 Å². The van der Waals surface area contributed by atoms with E-state index in [1.807, 2.05) is 11.8 Å². The van der Waals surface area contributed by atoms with Crippen molar-refractivity contribution in [3.8, 4) is 11.5 Å². The minimum atomic E-state index is -0.390. The number of ether oxygens (including phenoxy) is 2. The van der Waals surface area contributed by atoms with Crippen LogP contribution in [0.5, 0.6) is 11.5 Å². The fraction of sp³-hybridized carbons (Fsp3) is 0.571. The number of methoxy groups -OCH3 is 2. The van der Waals surface area contributed by atoms with Crippen molar-refractivity contribution in [2.75, 3.05) is 25.7 Å². The summed E-state index contributed by atoms with van der Waals surface area (Å²) in [5.74, 6) is 0.842. The standard InChI is InChI=1S/C14H21N3O4/c1-9-6-10(15)4-5-16(9)11-7-13(20-2)14(21-3)8-12(11)17(18)19/h7-10H,4-6,15H2,1-3H3. The second-order valence-electron chi connectivity index (χ2n) is 5.28. The lowest BCUT2D eigenvalue weighted by molar-refractivity contribution is -0.384. The Morgan fingerprint density at radius 3 is 2.48 bits per heavy atom. The van der Waals surface area contributed by atoms with Gasteiger partial charge in [-0.2, -0.15) is 0 Å². The summed E-state index contributed by atoms with van der Waals surface area (Å²) in [5, 5.41) is 11.4. The van der Waals surface area contributed by atoms with Gasteiger partial charge in [-0.25, -0.2) is 0 Å². The van der Waals surface area contributed by atoms with Crippen LogP contribution in [-0.2, 0) is 0 Å². The van der Waals surface area contributed by atoms with Crippen LogP contribution in [-0.4, -0.2) is 37.8 Å². The van der Waals surface area contributed by atoms with E-state index in [0.29, 0.717) is 23.7 Å². The number of nitrogens with zero attached hydrogens (tertiary/aromatic N) is 2. The SMILES string of the molecule is COc1cc(N2CCC(N)CC2C)c([N+](=O)[O-])cc1OC. The quantitative estimate of drug-likeness (QED) is 0.674. The average molecular weight is 295 g/mol. The maximum absolute atomic E-state index is 11.4. The van der Waals surface area contributed by atoms with Gasteiger partial charge in [-0.3, -0.25) is 10.1 Å². The van der Waals surface area contributed by atoms with Crippen molar-refractivity contribution in [1.29, 1.82) is 0 Å². The van der Waals surface area contributed by atoms with Crippen LogP contribution in [0, 0.1) is 10.1 Å². The fourth-order valence-corrected chi connectivity index (χ4v) is 2.80. The van der Waals surface area contributed by atoms with Crippen molar-refractivity contribution in [3.05, 3.63) is 22.2 Å². The molecule has 7 nitrogen and oxygen atoms in total. The number of piperidine rings is 1. The van der Waals surface area contributed by atoms with Crippen molar-refractivity contribution in [2.45, 2.75) is 31.8 Å². The molecular weight excluding hydrogens is 274 g/mol. The molecule has 0 spiro atoms. The second kappa shape index (κ2) is 6.17. The molecule has 0 aliphatic carbocycles. The number of nitro groups is 1. The van der Waals surface area contributed by atoms with Crippen LogP contribution in [0.1, 0.15) is 19.8 Å². The van der Waals surface area contributed by atoms with Crippen LogP contribution < -0.4 is 20.1 Å². The minimum Gasteiger partial charge on any atom is -0.493 e. The van der Waals surface area contributed by atoms with E-state index < -0.39 is 4.92 Å². The lowest BCUT2D eigenvalue weighted by atomic mass is 9.98. The Balaban J connectivity index is 2.48. The number of benzene rings is 1. The van der Waals surface area contributed by atoms with Crippen molar-refractivity contribution in [2.24, 2.45) is 5.73 Å². The molecule has 116 valence electrons. The van der Waals surface area contributed by atoms with Crippen molar-refractivity contribution >= 4 is 11.4 Å². The van der Waals surface area contributed by atoms with Crippen molar-refractivity contribution < 1.29 is 14.4 Å². The molecule has 0 radical (unpaired) electrons. The highest BCUT2D eigenvalue weighted by atomic mass is 16.6. The Kier molecular flexibility index (Phi) is 4.52. The van der Waals surface area contributed by atoms with Gasteiger partial charge in [0.05, 0.1) is 25.2 Å². The summed E-state index contributed by atoms with van der Waals surface area (Å²) in [5.41, 5.74) is 6.54. The van der Waals surface area contributed by atoms with Crippen LogP contribution in [0.3, 0.4) is 0 Å². The number of hydrogen-bond acceptors (Lipinski definition) is 6. The molecule has 0 aromatic heterocycles. The summed E-state index contributed by atoms with van der Waals surface area (Å²) < 4.78 is 10.4. The van der Waals surface area contributed by atoms with Gasteiger partial charge in [0.1, 0.15) is 5.69 Å². The van der Waals surface area contributed by atoms with E-state index in [9.17, 15) is 10.1 Å². The average Bonchev–Trinajstić information content (AvgIpc) is 2.45. The molecule has 0 bridgehead atoms. The van der Waals surface area contributed by atoms with Gasteiger partial charge in [0.2, 0.25) is 0 Å². The first-order valence-corrected chi connectivity index (χ1v) is 6.90. The third-order valence-electron chi connectivity index (χ3n) is 3.90. The minimum absolute atomic E-state index is 0.0231. The largest absolute Gasteiger partial charge is 0.493 e. The van der Waals surface area contributed by atoms with E-state index in [4.69, 9.17) is 15.2 Å². The molecule has 2 unspecified atom stereocenters. The fourth-order valence-electron chi connectivity index (χ4n) is 2.80. The molecular formula is C14H21N3O4. The van der Waals surface area contributed by atoms with Crippen LogP contribution >= 0.6 is 0 Å². The number of nitrogens with two attached hydrogens (primary N) is 1. The van der Waals surface area contributed by atoms with E-state index in [1.165, 1.54) is 20.3 Å². The Bertz CT molecular complexity index is 535. The molecule has 0 saturated carbocycles. The van der Waals surface area contributed by atoms with Gasteiger partial charge in [-0.1, -0.05) is 0 Å². The summed E-state index contributed by atoms with van der Waals surface area (Å²) in [6.07, 6.45) is 1.63. The smallest absolute Gasteiger partial charge is 0.296 e.